The fourth-order valence-electron chi connectivity index (χ4n) is 3.72. The van der Waals surface area contributed by atoms with Crippen molar-refractivity contribution in [1.29, 1.82) is 0 Å². The molecule has 2 aromatic rings. The number of carbonyl (C=O) groups excluding carboxylic acids is 2. The molecule has 0 atom stereocenters. The van der Waals surface area contributed by atoms with Gasteiger partial charge in [-0.25, -0.2) is 0 Å². The normalized spacial score (nSPS) is 14.2. The minimum atomic E-state index is -0.246. The van der Waals surface area contributed by atoms with Crippen LogP contribution < -0.4 is 14.8 Å². The fourth-order valence-corrected chi connectivity index (χ4v) is 3.72. The number of rotatable bonds is 7. The predicted molar refractivity (Wildman–Crippen MR) is 115 cm³/mol. The van der Waals surface area contributed by atoms with Crippen LogP contribution in [0.5, 0.6) is 23.0 Å². The summed E-state index contributed by atoms with van der Waals surface area (Å²) in [5.41, 5.74) is 1.23. The molecule has 0 aromatic heterocycles. The van der Waals surface area contributed by atoms with Gasteiger partial charge in [-0.15, -0.1) is 0 Å². The Labute approximate surface area is 181 Å². The highest BCUT2D eigenvalue weighted by Crippen LogP contribution is 2.28. The number of piperidine rings is 1. The molecule has 8 nitrogen and oxygen atoms in total. The highest BCUT2D eigenvalue weighted by molar-refractivity contribution is 5.95. The molecule has 1 heterocycles. The zero-order chi connectivity index (χ0) is 22.4. The van der Waals surface area contributed by atoms with E-state index >= 15 is 0 Å². The molecule has 3 rings (SSSR count). The molecule has 2 amide bonds. The van der Waals surface area contributed by atoms with Gasteiger partial charge in [0.2, 0.25) is 5.91 Å². The number of aromatic hydroxyl groups is 2. The summed E-state index contributed by atoms with van der Waals surface area (Å²) in [6.45, 7) is 0.992. The van der Waals surface area contributed by atoms with Crippen molar-refractivity contribution in [3.63, 3.8) is 0 Å². The Morgan fingerprint density at radius 1 is 1.00 bits per heavy atom. The van der Waals surface area contributed by atoms with Crippen molar-refractivity contribution in [3.05, 3.63) is 47.5 Å². The Kier molecular flexibility index (Phi) is 7.23. The van der Waals surface area contributed by atoms with Crippen LogP contribution in [0.25, 0.3) is 0 Å². The second-order valence-electron chi connectivity index (χ2n) is 7.56. The number of methoxy groups -OCH3 is 2. The summed E-state index contributed by atoms with van der Waals surface area (Å²) in [4.78, 5) is 26.6. The Morgan fingerprint density at radius 2 is 1.65 bits per heavy atom. The molecule has 31 heavy (non-hydrogen) atoms. The molecule has 0 bridgehead atoms. The summed E-state index contributed by atoms with van der Waals surface area (Å²) in [7, 11) is 3.16. The minimum absolute atomic E-state index is 0.0135. The van der Waals surface area contributed by atoms with Gasteiger partial charge in [-0.3, -0.25) is 9.59 Å². The van der Waals surface area contributed by atoms with Gasteiger partial charge >= 0.3 is 0 Å². The lowest BCUT2D eigenvalue weighted by molar-refractivity contribution is -0.122. The number of nitrogens with one attached hydrogen (secondary N) is 1. The molecule has 0 radical (unpaired) electrons. The number of carbonyl (C=O) groups is 2. The first-order valence-corrected chi connectivity index (χ1v) is 10.2. The number of hydrogen-bond donors (Lipinski definition) is 3. The summed E-state index contributed by atoms with van der Waals surface area (Å²) in [6, 6.07) is 9.48. The molecule has 0 unspecified atom stereocenters. The summed E-state index contributed by atoms with van der Waals surface area (Å²) < 4.78 is 10.5. The number of hydrogen-bond acceptors (Lipinski definition) is 6. The van der Waals surface area contributed by atoms with Crippen molar-refractivity contribution >= 4 is 11.8 Å². The highest BCUT2D eigenvalue weighted by atomic mass is 16.5. The molecule has 0 saturated carbocycles. The first-order valence-electron chi connectivity index (χ1n) is 10.2. The van der Waals surface area contributed by atoms with Crippen molar-refractivity contribution in [2.24, 2.45) is 0 Å². The first kappa shape index (κ1) is 22.3. The molecule has 8 heteroatoms. The van der Waals surface area contributed by atoms with E-state index in [1.807, 2.05) is 18.2 Å². The second kappa shape index (κ2) is 10.1. The van der Waals surface area contributed by atoms with E-state index in [0.717, 1.165) is 5.56 Å². The van der Waals surface area contributed by atoms with Gasteiger partial charge in [0.05, 0.1) is 14.2 Å². The molecule has 1 fully saturated rings. The van der Waals surface area contributed by atoms with Gasteiger partial charge in [-0.05, 0) is 49.1 Å². The molecule has 1 aliphatic rings. The Hall–Kier alpha value is -3.42. The van der Waals surface area contributed by atoms with Crippen molar-refractivity contribution in [1.82, 2.24) is 10.2 Å². The Balaban J connectivity index is 1.46. The third-order valence-corrected chi connectivity index (χ3v) is 5.39. The number of benzene rings is 2. The third kappa shape index (κ3) is 5.81. The summed E-state index contributed by atoms with van der Waals surface area (Å²) in [6.07, 6.45) is 2.25. The van der Waals surface area contributed by atoms with Crippen molar-refractivity contribution in [2.45, 2.75) is 31.7 Å². The van der Waals surface area contributed by atoms with Gasteiger partial charge in [0.15, 0.2) is 11.5 Å². The average Bonchev–Trinajstić information content (AvgIpc) is 2.76. The van der Waals surface area contributed by atoms with Crippen molar-refractivity contribution in [2.75, 3.05) is 27.3 Å². The minimum Gasteiger partial charge on any atom is -0.508 e. The van der Waals surface area contributed by atoms with Gasteiger partial charge in [0, 0.05) is 37.2 Å². The van der Waals surface area contributed by atoms with Crippen LogP contribution in [0, 0.1) is 0 Å². The highest BCUT2D eigenvalue weighted by Gasteiger charge is 2.25. The Bertz CT molecular complexity index is 917. The fraction of sp³-hybridized carbons (Fsp3) is 0.391. The topological polar surface area (TPSA) is 108 Å². The maximum absolute atomic E-state index is 12.6. The van der Waals surface area contributed by atoms with E-state index < -0.39 is 0 Å². The quantitative estimate of drug-likeness (QED) is 0.625. The number of nitrogens with zero attached hydrogens (tertiary/aromatic N) is 1. The molecule has 0 aliphatic carbocycles. The average molecular weight is 428 g/mol. The van der Waals surface area contributed by atoms with Crippen LogP contribution in [0.1, 0.15) is 35.2 Å². The number of phenolic OH excluding ortho intramolecular Hbond substituents is 2. The molecule has 166 valence electrons. The van der Waals surface area contributed by atoms with E-state index in [-0.39, 0.29) is 34.9 Å². The van der Waals surface area contributed by atoms with Gasteiger partial charge in [0.25, 0.3) is 5.91 Å². The SMILES string of the molecule is COc1ccc(CCC(=O)NC2CCN(C(=O)c3cc(O)cc(O)c3)CC2)cc1OC. The van der Waals surface area contributed by atoms with Crippen LogP contribution in [-0.2, 0) is 11.2 Å². The zero-order valence-electron chi connectivity index (χ0n) is 17.8. The summed E-state index contributed by atoms with van der Waals surface area (Å²) in [5.74, 6) is 0.706. The number of likely N-dealkylation sites (tertiary alicyclic amines) is 1. The van der Waals surface area contributed by atoms with E-state index in [0.29, 0.717) is 50.3 Å². The molecule has 2 aromatic carbocycles. The number of phenols is 2. The standard InChI is InChI=1S/C23H28N2O6/c1-30-20-5-3-15(11-21(20)31-2)4-6-22(28)24-17-7-9-25(10-8-17)23(29)16-12-18(26)14-19(27)13-16/h3,5,11-14,17,26-27H,4,6-10H2,1-2H3,(H,24,28). The van der Waals surface area contributed by atoms with Crippen LogP contribution in [-0.4, -0.2) is 60.3 Å². The van der Waals surface area contributed by atoms with Crippen LogP contribution in [0.4, 0.5) is 0 Å². The van der Waals surface area contributed by atoms with Gasteiger partial charge in [-0.2, -0.15) is 0 Å². The molecule has 1 saturated heterocycles. The molecule has 0 spiro atoms. The lowest BCUT2D eigenvalue weighted by Crippen LogP contribution is -2.46. The van der Waals surface area contributed by atoms with E-state index in [2.05, 4.69) is 5.32 Å². The van der Waals surface area contributed by atoms with E-state index in [9.17, 15) is 19.8 Å². The lowest BCUT2D eigenvalue weighted by atomic mass is 10.0. The number of ether oxygens (including phenoxy) is 2. The third-order valence-electron chi connectivity index (χ3n) is 5.39. The van der Waals surface area contributed by atoms with Crippen LogP contribution in [0.15, 0.2) is 36.4 Å². The van der Waals surface area contributed by atoms with Crippen molar-refractivity contribution in [3.8, 4) is 23.0 Å². The van der Waals surface area contributed by atoms with Crippen LogP contribution in [0.2, 0.25) is 0 Å². The summed E-state index contributed by atoms with van der Waals surface area (Å²) in [5, 5.41) is 22.2. The maximum atomic E-state index is 12.6. The zero-order valence-corrected chi connectivity index (χ0v) is 17.8. The largest absolute Gasteiger partial charge is 0.508 e. The molecule has 1 aliphatic heterocycles. The second-order valence-corrected chi connectivity index (χ2v) is 7.56. The maximum Gasteiger partial charge on any atom is 0.254 e. The van der Waals surface area contributed by atoms with E-state index in [4.69, 9.17) is 9.47 Å². The van der Waals surface area contributed by atoms with Crippen molar-refractivity contribution < 1.29 is 29.3 Å². The van der Waals surface area contributed by atoms with Crippen LogP contribution in [0.3, 0.4) is 0 Å². The predicted octanol–water partition coefficient (Wildman–Crippen LogP) is 2.47. The van der Waals surface area contributed by atoms with E-state index in [1.54, 1.807) is 19.1 Å². The first-order chi connectivity index (χ1) is 14.9. The monoisotopic (exact) mass is 428 g/mol. The Morgan fingerprint density at radius 3 is 2.26 bits per heavy atom. The molecular formula is C23H28N2O6. The number of amides is 2. The van der Waals surface area contributed by atoms with E-state index in [1.165, 1.54) is 18.2 Å². The van der Waals surface area contributed by atoms with Gasteiger partial charge < -0.3 is 29.9 Å². The van der Waals surface area contributed by atoms with Gasteiger partial charge in [-0.1, -0.05) is 6.07 Å². The number of aryl methyl sites for hydroxylation is 1. The lowest BCUT2D eigenvalue weighted by Gasteiger charge is -2.32. The molecule has 3 N–H and O–H groups in total. The van der Waals surface area contributed by atoms with Crippen LogP contribution >= 0.6 is 0 Å². The summed E-state index contributed by atoms with van der Waals surface area (Å²) >= 11 is 0. The molecular weight excluding hydrogens is 400 g/mol. The smallest absolute Gasteiger partial charge is 0.254 e. The van der Waals surface area contributed by atoms with Gasteiger partial charge in [0.1, 0.15) is 11.5 Å².